The van der Waals surface area contributed by atoms with Crippen LogP contribution in [-0.2, 0) is 4.79 Å². The fourth-order valence-electron chi connectivity index (χ4n) is 2.04. The molecule has 0 radical (unpaired) electrons. The lowest BCUT2D eigenvalue weighted by molar-refractivity contribution is -0.142. The van der Waals surface area contributed by atoms with E-state index >= 15 is 0 Å². The molecule has 1 amide bonds. The Bertz CT molecular complexity index is 543. The van der Waals surface area contributed by atoms with Crippen LogP contribution >= 0.6 is 0 Å². The normalized spacial score (nSPS) is 17.6. The molecule has 0 spiro atoms. The molecule has 1 aromatic carbocycles. The quantitative estimate of drug-likeness (QED) is 0.754. The first kappa shape index (κ1) is 13.3. The molecule has 0 aliphatic heterocycles. The predicted molar refractivity (Wildman–Crippen MR) is 67.3 cm³/mol. The highest BCUT2D eigenvalue weighted by Crippen LogP contribution is 2.42. The zero-order valence-electron chi connectivity index (χ0n) is 10.4. The van der Waals surface area contributed by atoms with Crippen LogP contribution in [0.5, 0.6) is 0 Å². The van der Waals surface area contributed by atoms with Gasteiger partial charge in [-0.2, -0.15) is 0 Å². The number of anilines is 1. The van der Waals surface area contributed by atoms with Crippen LogP contribution in [0.2, 0.25) is 0 Å². The van der Waals surface area contributed by atoms with Crippen LogP contribution in [0, 0.1) is 11.7 Å². The number of carboxylic acids is 1. The van der Waals surface area contributed by atoms with Crippen molar-refractivity contribution in [3.8, 4) is 0 Å². The summed E-state index contributed by atoms with van der Waals surface area (Å²) in [7, 11) is 0. The number of aliphatic carboxylic acids is 1. The van der Waals surface area contributed by atoms with Gasteiger partial charge in [0.1, 0.15) is 11.4 Å². The molecule has 1 unspecified atom stereocenters. The van der Waals surface area contributed by atoms with Gasteiger partial charge in [0.25, 0.3) is 0 Å². The maximum Gasteiger partial charge on any atom is 0.329 e. The molecule has 0 aromatic heterocycles. The Hall–Kier alpha value is -2.11. The van der Waals surface area contributed by atoms with Crippen molar-refractivity contribution in [2.45, 2.75) is 25.3 Å². The molecule has 5 nitrogen and oxygen atoms in total. The summed E-state index contributed by atoms with van der Waals surface area (Å²) in [5.41, 5.74) is 3.95. The van der Waals surface area contributed by atoms with Gasteiger partial charge in [0.05, 0.1) is 5.69 Å². The fraction of sp³-hybridized carbons (Fsp3) is 0.385. The number of carbonyl (C=O) groups is 2. The molecule has 1 aliphatic rings. The van der Waals surface area contributed by atoms with E-state index in [9.17, 15) is 19.1 Å². The lowest BCUT2D eigenvalue weighted by atomic mass is 9.95. The third-order valence-electron chi connectivity index (χ3n) is 3.49. The molecule has 102 valence electrons. The minimum absolute atomic E-state index is 0.0137. The van der Waals surface area contributed by atoms with Crippen LogP contribution in [0.15, 0.2) is 18.2 Å². The lowest BCUT2D eigenvalue weighted by Gasteiger charge is -2.27. The van der Waals surface area contributed by atoms with Gasteiger partial charge in [-0.05, 0) is 43.9 Å². The molecule has 2 rings (SSSR count). The Balaban J connectivity index is 2.27. The first-order valence-electron chi connectivity index (χ1n) is 5.95. The minimum Gasteiger partial charge on any atom is -0.480 e. The zero-order valence-corrected chi connectivity index (χ0v) is 10.4. The van der Waals surface area contributed by atoms with Gasteiger partial charge in [0.2, 0.25) is 5.91 Å². The van der Waals surface area contributed by atoms with Crippen molar-refractivity contribution in [3.05, 3.63) is 29.6 Å². The molecule has 6 heteroatoms. The van der Waals surface area contributed by atoms with E-state index in [-0.39, 0.29) is 17.2 Å². The number of carboxylic acid groups (broad SMARTS) is 1. The van der Waals surface area contributed by atoms with E-state index in [1.807, 2.05) is 0 Å². The summed E-state index contributed by atoms with van der Waals surface area (Å²) in [4.78, 5) is 22.3. The van der Waals surface area contributed by atoms with Gasteiger partial charge < -0.3 is 16.2 Å². The average Bonchev–Trinajstić information content (AvgIpc) is 3.15. The third kappa shape index (κ3) is 2.52. The number of amides is 1. The molecule has 0 saturated heterocycles. The fourth-order valence-corrected chi connectivity index (χ4v) is 2.04. The highest BCUT2D eigenvalue weighted by atomic mass is 19.1. The van der Waals surface area contributed by atoms with Crippen molar-refractivity contribution < 1.29 is 19.1 Å². The van der Waals surface area contributed by atoms with E-state index in [2.05, 4.69) is 5.32 Å². The average molecular weight is 266 g/mol. The highest BCUT2D eigenvalue weighted by Gasteiger charge is 2.47. The van der Waals surface area contributed by atoms with Gasteiger partial charge in [0.15, 0.2) is 0 Å². The van der Waals surface area contributed by atoms with Crippen molar-refractivity contribution in [1.82, 2.24) is 0 Å². The molecule has 1 saturated carbocycles. The van der Waals surface area contributed by atoms with Crippen molar-refractivity contribution in [2.24, 2.45) is 11.7 Å². The van der Waals surface area contributed by atoms with E-state index in [1.165, 1.54) is 19.1 Å². The Kier molecular flexibility index (Phi) is 3.18. The number of carbonyl (C=O) groups excluding carboxylic acids is 1. The molecule has 4 N–H and O–H groups in total. The third-order valence-corrected chi connectivity index (χ3v) is 3.49. The first-order chi connectivity index (χ1) is 8.84. The van der Waals surface area contributed by atoms with Gasteiger partial charge in [-0.15, -0.1) is 0 Å². The SMILES string of the molecule is CC(Nc1ccc(C(N)=O)cc1F)(C(=O)O)C1CC1. The first-order valence-corrected chi connectivity index (χ1v) is 5.95. The molecule has 0 heterocycles. The van der Waals surface area contributed by atoms with Crippen molar-refractivity contribution in [1.29, 1.82) is 0 Å². The van der Waals surface area contributed by atoms with Crippen molar-refractivity contribution in [3.63, 3.8) is 0 Å². The van der Waals surface area contributed by atoms with Crippen LogP contribution in [0.3, 0.4) is 0 Å². The summed E-state index contributed by atoms with van der Waals surface area (Å²) in [5.74, 6) is -2.45. The molecule has 1 fully saturated rings. The van der Waals surface area contributed by atoms with Crippen molar-refractivity contribution >= 4 is 17.6 Å². The van der Waals surface area contributed by atoms with Crippen LogP contribution < -0.4 is 11.1 Å². The van der Waals surface area contributed by atoms with E-state index in [1.54, 1.807) is 0 Å². The molecule has 1 aliphatic carbocycles. The minimum atomic E-state index is -1.20. The summed E-state index contributed by atoms with van der Waals surface area (Å²) in [5, 5.41) is 12.0. The second-order valence-electron chi connectivity index (χ2n) is 4.97. The summed E-state index contributed by atoms with van der Waals surface area (Å²) < 4.78 is 13.8. The molecule has 19 heavy (non-hydrogen) atoms. The van der Waals surface area contributed by atoms with Crippen LogP contribution in [-0.4, -0.2) is 22.5 Å². The molecule has 0 bridgehead atoms. The number of primary amides is 1. The van der Waals surface area contributed by atoms with E-state index in [0.717, 1.165) is 18.9 Å². The summed E-state index contributed by atoms with van der Waals surface area (Å²) in [6.45, 7) is 1.54. The van der Waals surface area contributed by atoms with Gasteiger partial charge in [0, 0.05) is 5.56 Å². The number of nitrogens with two attached hydrogens (primary N) is 1. The molecule has 1 atom stereocenters. The standard InChI is InChI=1S/C13H15FN2O3/c1-13(12(18)19,8-3-4-8)16-10-5-2-7(11(15)17)6-9(10)14/h2,5-6,8,16H,3-4H2,1H3,(H2,15,17)(H,18,19). The lowest BCUT2D eigenvalue weighted by Crippen LogP contribution is -2.45. The topological polar surface area (TPSA) is 92.4 Å². The van der Waals surface area contributed by atoms with E-state index in [0.29, 0.717) is 0 Å². The zero-order chi connectivity index (χ0) is 14.2. The van der Waals surface area contributed by atoms with Crippen molar-refractivity contribution in [2.75, 3.05) is 5.32 Å². The van der Waals surface area contributed by atoms with Gasteiger partial charge in [-0.25, -0.2) is 9.18 Å². The van der Waals surface area contributed by atoms with E-state index in [4.69, 9.17) is 5.73 Å². The smallest absolute Gasteiger partial charge is 0.329 e. The Morgan fingerprint density at radius 1 is 1.47 bits per heavy atom. The summed E-state index contributed by atoms with van der Waals surface area (Å²) in [6.07, 6.45) is 1.60. The Labute approximate surface area is 109 Å². The van der Waals surface area contributed by atoms with Gasteiger partial charge in [-0.1, -0.05) is 0 Å². The summed E-state index contributed by atoms with van der Waals surface area (Å²) >= 11 is 0. The molecule has 1 aromatic rings. The van der Waals surface area contributed by atoms with Crippen LogP contribution in [0.25, 0.3) is 0 Å². The number of benzene rings is 1. The summed E-state index contributed by atoms with van der Waals surface area (Å²) in [6, 6.07) is 3.70. The van der Waals surface area contributed by atoms with Crippen LogP contribution in [0.4, 0.5) is 10.1 Å². The molecular formula is C13H15FN2O3. The number of rotatable bonds is 5. The van der Waals surface area contributed by atoms with E-state index < -0.39 is 23.2 Å². The van der Waals surface area contributed by atoms with Gasteiger partial charge in [-0.3, -0.25) is 4.79 Å². The number of hydrogen-bond acceptors (Lipinski definition) is 3. The van der Waals surface area contributed by atoms with Gasteiger partial charge >= 0.3 is 5.97 Å². The second-order valence-corrected chi connectivity index (χ2v) is 4.97. The second kappa shape index (κ2) is 4.53. The highest BCUT2D eigenvalue weighted by molar-refractivity contribution is 5.93. The number of nitrogens with one attached hydrogen (secondary N) is 1. The number of halogens is 1. The maximum atomic E-state index is 13.8. The maximum absolute atomic E-state index is 13.8. The number of hydrogen-bond donors (Lipinski definition) is 3. The monoisotopic (exact) mass is 266 g/mol. The Morgan fingerprint density at radius 2 is 2.11 bits per heavy atom. The predicted octanol–water partition coefficient (Wildman–Crippen LogP) is 1.59. The Morgan fingerprint density at radius 3 is 2.53 bits per heavy atom. The van der Waals surface area contributed by atoms with Crippen LogP contribution in [0.1, 0.15) is 30.1 Å². The molecular weight excluding hydrogens is 251 g/mol. The largest absolute Gasteiger partial charge is 0.480 e.